The molecule has 2 aromatic rings. The molecule has 0 N–H and O–H groups in total. The minimum absolute atomic E-state index is 0.481. The second kappa shape index (κ2) is 2.20. The fraction of sp³-hybridized carbons (Fsp3) is 0.143. The first kappa shape index (κ1) is 6.61. The van der Waals surface area contributed by atoms with Crippen LogP contribution < -0.4 is 0 Å². The van der Waals surface area contributed by atoms with Crippen molar-refractivity contribution in [3.05, 3.63) is 23.6 Å². The lowest BCUT2D eigenvalue weighted by molar-refractivity contribution is 0.920. The zero-order valence-corrected chi connectivity index (χ0v) is 6.63. The van der Waals surface area contributed by atoms with E-state index in [0.29, 0.717) is 5.15 Å². The van der Waals surface area contributed by atoms with Crippen molar-refractivity contribution >= 4 is 22.8 Å². The summed E-state index contributed by atoms with van der Waals surface area (Å²) in [7, 11) is 1.83. The number of fused-ring (bicyclic) bond motifs is 1. The summed E-state index contributed by atoms with van der Waals surface area (Å²) in [4.78, 5) is 8.05. The summed E-state index contributed by atoms with van der Waals surface area (Å²) in [5.74, 6) is 0. The summed E-state index contributed by atoms with van der Waals surface area (Å²) in [6, 6.07) is 3.53. The summed E-state index contributed by atoms with van der Waals surface area (Å²) in [6.45, 7) is 0. The normalized spacial score (nSPS) is 10.7. The summed E-state index contributed by atoms with van der Waals surface area (Å²) >= 11 is 5.68. The van der Waals surface area contributed by atoms with E-state index in [0.717, 1.165) is 11.2 Å². The van der Waals surface area contributed by atoms with Crippen LogP contribution in [0.5, 0.6) is 0 Å². The maximum absolute atomic E-state index is 5.68. The van der Waals surface area contributed by atoms with Crippen LogP contribution in [0.15, 0.2) is 12.1 Å². The molecule has 1 radical (unpaired) electrons. The van der Waals surface area contributed by atoms with Gasteiger partial charge in [-0.3, -0.25) is 0 Å². The first-order valence-electron chi connectivity index (χ1n) is 3.14. The molecule has 0 aromatic carbocycles. The minimum atomic E-state index is 0.481. The third-order valence-corrected chi connectivity index (χ3v) is 1.67. The van der Waals surface area contributed by atoms with Gasteiger partial charge < -0.3 is 4.57 Å². The molecule has 0 aliphatic heterocycles. The van der Waals surface area contributed by atoms with E-state index in [1.807, 2.05) is 13.1 Å². The zero-order valence-electron chi connectivity index (χ0n) is 5.87. The Labute approximate surface area is 68.6 Å². The Balaban J connectivity index is 2.87. The molecule has 2 rings (SSSR count). The van der Waals surface area contributed by atoms with E-state index < -0.39 is 0 Å². The smallest absolute Gasteiger partial charge is 0.178 e. The van der Waals surface area contributed by atoms with Crippen LogP contribution in [-0.4, -0.2) is 14.5 Å². The molecule has 55 valence electrons. The Morgan fingerprint density at radius 1 is 1.55 bits per heavy atom. The molecule has 0 saturated carbocycles. The van der Waals surface area contributed by atoms with Crippen LogP contribution in [0.3, 0.4) is 0 Å². The van der Waals surface area contributed by atoms with Crippen molar-refractivity contribution in [2.45, 2.75) is 0 Å². The molecule has 0 saturated heterocycles. The lowest BCUT2D eigenvalue weighted by atomic mass is 10.4. The standard InChI is InChI=1S/C7H5ClN3/c1-11-4-9-5-2-3-6(8)10-7(5)11/h2-3H,1H3. The summed E-state index contributed by atoms with van der Waals surface area (Å²) in [5, 5.41) is 0.481. The van der Waals surface area contributed by atoms with Crippen LogP contribution in [0.1, 0.15) is 0 Å². The van der Waals surface area contributed by atoms with E-state index in [1.165, 1.54) is 0 Å². The van der Waals surface area contributed by atoms with Crippen molar-refractivity contribution in [2.75, 3.05) is 0 Å². The maximum Gasteiger partial charge on any atom is 0.178 e. The Bertz CT molecular complexity index is 393. The van der Waals surface area contributed by atoms with Gasteiger partial charge in [-0.15, -0.1) is 0 Å². The topological polar surface area (TPSA) is 30.7 Å². The monoisotopic (exact) mass is 166 g/mol. The summed E-state index contributed by atoms with van der Waals surface area (Å²) < 4.78 is 1.71. The van der Waals surface area contributed by atoms with Crippen molar-refractivity contribution in [1.82, 2.24) is 14.5 Å². The maximum atomic E-state index is 5.68. The van der Waals surface area contributed by atoms with Crippen LogP contribution in [-0.2, 0) is 7.05 Å². The second-order valence-electron chi connectivity index (χ2n) is 2.25. The van der Waals surface area contributed by atoms with E-state index in [2.05, 4.69) is 16.3 Å². The molecule has 4 heteroatoms. The molecule has 0 bridgehead atoms. The number of rotatable bonds is 0. The average Bonchev–Trinajstić information content (AvgIpc) is 2.33. The third kappa shape index (κ3) is 0.973. The van der Waals surface area contributed by atoms with Crippen molar-refractivity contribution in [2.24, 2.45) is 7.05 Å². The second-order valence-corrected chi connectivity index (χ2v) is 2.63. The Kier molecular flexibility index (Phi) is 1.32. The molecule has 0 atom stereocenters. The molecule has 0 aliphatic rings. The van der Waals surface area contributed by atoms with Gasteiger partial charge in [0.05, 0.1) is 0 Å². The average molecular weight is 167 g/mol. The number of imidazole rings is 1. The highest BCUT2D eigenvalue weighted by molar-refractivity contribution is 6.29. The van der Waals surface area contributed by atoms with Gasteiger partial charge in [-0.2, -0.15) is 0 Å². The van der Waals surface area contributed by atoms with E-state index in [9.17, 15) is 0 Å². The van der Waals surface area contributed by atoms with Gasteiger partial charge in [0.25, 0.3) is 0 Å². The number of nitrogens with zero attached hydrogens (tertiary/aromatic N) is 3. The van der Waals surface area contributed by atoms with Crippen molar-refractivity contribution in [1.29, 1.82) is 0 Å². The van der Waals surface area contributed by atoms with E-state index in [4.69, 9.17) is 11.6 Å². The van der Waals surface area contributed by atoms with Crippen LogP contribution in [0, 0.1) is 6.33 Å². The van der Waals surface area contributed by atoms with Gasteiger partial charge in [0, 0.05) is 7.05 Å². The molecule has 11 heavy (non-hydrogen) atoms. The fourth-order valence-electron chi connectivity index (χ4n) is 0.928. The quantitative estimate of drug-likeness (QED) is 0.555. The van der Waals surface area contributed by atoms with E-state index >= 15 is 0 Å². The van der Waals surface area contributed by atoms with Gasteiger partial charge in [-0.1, -0.05) is 11.6 Å². The van der Waals surface area contributed by atoms with Gasteiger partial charge >= 0.3 is 0 Å². The Morgan fingerprint density at radius 3 is 3.18 bits per heavy atom. The molecule has 2 heterocycles. The lowest BCUT2D eigenvalue weighted by Gasteiger charge is -1.91. The van der Waals surface area contributed by atoms with Crippen molar-refractivity contribution in [3.8, 4) is 0 Å². The molecule has 0 unspecified atom stereocenters. The third-order valence-electron chi connectivity index (χ3n) is 1.46. The SMILES string of the molecule is Cn1[c]nc2ccc(Cl)nc21. The molecule has 2 aromatic heterocycles. The first-order chi connectivity index (χ1) is 5.27. The Hall–Kier alpha value is -1.09. The number of pyridine rings is 1. The first-order valence-corrected chi connectivity index (χ1v) is 3.52. The molecular formula is C7H5ClN3. The number of halogens is 1. The van der Waals surface area contributed by atoms with Gasteiger partial charge in [-0.05, 0) is 12.1 Å². The highest BCUT2D eigenvalue weighted by atomic mass is 35.5. The number of hydrogen-bond donors (Lipinski definition) is 0. The zero-order chi connectivity index (χ0) is 7.84. The number of hydrogen-bond acceptors (Lipinski definition) is 2. The predicted octanol–water partition coefficient (Wildman–Crippen LogP) is 1.42. The van der Waals surface area contributed by atoms with E-state index in [-0.39, 0.29) is 0 Å². The van der Waals surface area contributed by atoms with Gasteiger partial charge in [0.15, 0.2) is 12.0 Å². The van der Waals surface area contributed by atoms with Crippen LogP contribution >= 0.6 is 11.6 Å². The number of aryl methyl sites for hydroxylation is 1. The molecular weight excluding hydrogens is 162 g/mol. The van der Waals surface area contributed by atoms with Crippen LogP contribution in [0.2, 0.25) is 5.15 Å². The molecule has 3 nitrogen and oxygen atoms in total. The van der Waals surface area contributed by atoms with Crippen molar-refractivity contribution < 1.29 is 0 Å². The Morgan fingerprint density at radius 2 is 2.36 bits per heavy atom. The lowest BCUT2D eigenvalue weighted by Crippen LogP contribution is -1.87. The predicted molar refractivity (Wildman–Crippen MR) is 42.4 cm³/mol. The molecule has 0 aliphatic carbocycles. The molecule has 0 spiro atoms. The summed E-state index contributed by atoms with van der Waals surface area (Å²) in [5.41, 5.74) is 1.58. The van der Waals surface area contributed by atoms with Gasteiger partial charge in [-0.25, -0.2) is 9.97 Å². The largest absolute Gasteiger partial charge is 0.309 e. The highest BCUT2D eigenvalue weighted by Gasteiger charge is 2.00. The number of aromatic nitrogens is 3. The van der Waals surface area contributed by atoms with E-state index in [1.54, 1.807) is 10.6 Å². The molecule has 0 fully saturated rings. The van der Waals surface area contributed by atoms with Gasteiger partial charge in [0.2, 0.25) is 0 Å². The van der Waals surface area contributed by atoms with Crippen molar-refractivity contribution in [3.63, 3.8) is 0 Å². The highest BCUT2D eigenvalue weighted by Crippen LogP contribution is 2.11. The summed E-state index contributed by atoms with van der Waals surface area (Å²) in [6.07, 6.45) is 2.75. The molecule has 0 amide bonds. The fourth-order valence-corrected chi connectivity index (χ4v) is 1.07. The van der Waals surface area contributed by atoms with Crippen LogP contribution in [0.25, 0.3) is 11.2 Å². The van der Waals surface area contributed by atoms with Crippen LogP contribution in [0.4, 0.5) is 0 Å². The van der Waals surface area contributed by atoms with Gasteiger partial charge in [0.1, 0.15) is 10.7 Å². The minimum Gasteiger partial charge on any atom is -0.309 e.